The van der Waals surface area contributed by atoms with Crippen LogP contribution in [0.5, 0.6) is 5.75 Å². The second-order valence-corrected chi connectivity index (χ2v) is 6.49. The highest BCUT2D eigenvalue weighted by molar-refractivity contribution is 5.78. The van der Waals surface area contributed by atoms with Gasteiger partial charge in [0.15, 0.2) is 12.4 Å². The van der Waals surface area contributed by atoms with Crippen LogP contribution in [0.4, 0.5) is 0 Å². The van der Waals surface area contributed by atoms with Gasteiger partial charge in [0.05, 0.1) is 11.7 Å². The zero-order chi connectivity index (χ0) is 18.6. The van der Waals surface area contributed by atoms with Gasteiger partial charge in [-0.25, -0.2) is 0 Å². The van der Waals surface area contributed by atoms with Gasteiger partial charge >= 0.3 is 0 Å². The number of nitrogens with zero attached hydrogens (tertiary/aromatic N) is 4. The van der Waals surface area contributed by atoms with Crippen LogP contribution in [0, 0.1) is 6.92 Å². The number of para-hydroxylation sites is 1. The number of carbonyl (C=O) groups is 1. The lowest BCUT2D eigenvalue weighted by molar-refractivity contribution is -0.137. The van der Waals surface area contributed by atoms with Gasteiger partial charge in [-0.1, -0.05) is 28.5 Å². The van der Waals surface area contributed by atoms with Crippen molar-refractivity contribution >= 4 is 5.91 Å². The first-order valence-electron chi connectivity index (χ1n) is 8.95. The van der Waals surface area contributed by atoms with E-state index < -0.39 is 0 Å². The number of aryl methyl sites for hydroxylation is 1. The molecule has 1 aliphatic heterocycles. The van der Waals surface area contributed by atoms with Gasteiger partial charge in [0.1, 0.15) is 5.75 Å². The van der Waals surface area contributed by atoms with Gasteiger partial charge in [0.2, 0.25) is 5.76 Å². The highest BCUT2D eigenvalue weighted by Gasteiger charge is 2.32. The minimum atomic E-state index is -0.229. The van der Waals surface area contributed by atoms with Crippen LogP contribution in [0.3, 0.4) is 0 Å². The largest absolute Gasteiger partial charge is 0.484 e. The van der Waals surface area contributed by atoms with Crippen molar-refractivity contribution in [1.29, 1.82) is 0 Å². The first kappa shape index (κ1) is 17.3. The molecule has 1 aromatic carbocycles. The highest BCUT2D eigenvalue weighted by Crippen LogP contribution is 2.31. The van der Waals surface area contributed by atoms with Crippen molar-refractivity contribution in [2.75, 3.05) is 13.2 Å². The fourth-order valence-corrected chi connectivity index (χ4v) is 3.18. The molecule has 1 amide bonds. The second kappa shape index (κ2) is 7.61. The summed E-state index contributed by atoms with van der Waals surface area (Å²) in [5.74, 6) is 1.75. The summed E-state index contributed by atoms with van der Waals surface area (Å²) >= 11 is 0. The molecule has 0 N–H and O–H groups in total. The number of carbonyl (C=O) groups excluding carboxylic acids is 1. The van der Waals surface area contributed by atoms with Gasteiger partial charge in [-0.2, -0.15) is 4.98 Å². The van der Waals surface area contributed by atoms with E-state index in [1.165, 1.54) is 0 Å². The lowest BCUT2D eigenvalue weighted by Gasteiger charge is -2.33. The number of rotatable bonds is 5. The van der Waals surface area contributed by atoms with Crippen LogP contribution >= 0.6 is 0 Å². The Labute approximate surface area is 156 Å². The number of hydrogen-bond acceptors (Lipinski definition) is 7. The summed E-state index contributed by atoms with van der Waals surface area (Å²) in [7, 11) is 0. The van der Waals surface area contributed by atoms with Crippen molar-refractivity contribution in [3.8, 4) is 17.4 Å². The molecule has 27 heavy (non-hydrogen) atoms. The maximum absolute atomic E-state index is 12.7. The maximum atomic E-state index is 12.7. The predicted octanol–water partition coefficient (Wildman–Crippen LogP) is 3.17. The molecule has 8 nitrogen and oxygen atoms in total. The molecule has 0 saturated carbocycles. The molecule has 4 rings (SSSR count). The van der Waals surface area contributed by atoms with E-state index in [2.05, 4.69) is 15.3 Å². The molecule has 0 aliphatic carbocycles. The minimum absolute atomic E-state index is 0.0213. The first-order valence-corrected chi connectivity index (χ1v) is 8.95. The third kappa shape index (κ3) is 3.84. The average molecular weight is 368 g/mol. The van der Waals surface area contributed by atoms with Crippen LogP contribution in [0.15, 0.2) is 45.4 Å². The number of piperidine rings is 1. The van der Waals surface area contributed by atoms with E-state index in [9.17, 15) is 4.79 Å². The van der Waals surface area contributed by atoms with Crippen LogP contribution in [0.25, 0.3) is 11.7 Å². The van der Waals surface area contributed by atoms with E-state index >= 15 is 0 Å². The van der Waals surface area contributed by atoms with E-state index in [4.69, 9.17) is 13.8 Å². The van der Waals surface area contributed by atoms with Crippen molar-refractivity contribution in [2.24, 2.45) is 0 Å². The highest BCUT2D eigenvalue weighted by atomic mass is 16.5. The minimum Gasteiger partial charge on any atom is -0.484 e. The molecule has 2 aromatic heterocycles. The molecule has 3 heterocycles. The molecule has 1 atom stereocenters. The van der Waals surface area contributed by atoms with Gasteiger partial charge < -0.3 is 18.7 Å². The van der Waals surface area contributed by atoms with Gasteiger partial charge in [0.25, 0.3) is 11.8 Å². The Balaban J connectivity index is 1.47. The monoisotopic (exact) mass is 368 g/mol. The summed E-state index contributed by atoms with van der Waals surface area (Å²) in [6, 6.07) is 10.8. The second-order valence-electron chi connectivity index (χ2n) is 6.49. The van der Waals surface area contributed by atoms with Crippen molar-refractivity contribution in [3.63, 3.8) is 0 Å². The SMILES string of the molecule is Cc1cc(-c2nc(C3CCCCN3C(=O)COc3ccccc3)no2)on1. The van der Waals surface area contributed by atoms with E-state index in [-0.39, 0.29) is 24.4 Å². The van der Waals surface area contributed by atoms with Crippen molar-refractivity contribution in [2.45, 2.75) is 32.2 Å². The Hall–Kier alpha value is -3.16. The zero-order valence-electron chi connectivity index (χ0n) is 15.0. The third-order valence-corrected chi connectivity index (χ3v) is 4.51. The third-order valence-electron chi connectivity index (χ3n) is 4.51. The summed E-state index contributed by atoms with van der Waals surface area (Å²) in [4.78, 5) is 18.9. The fourth-order valence-electron chi connectivity index (χ4n) is 3.18. The van der Waals surface area contributed by atoms with Crippen molar-refractivity contribution in [1.82, 2.24) is 20.2 Å². The molecule has 1 aliphatic rings. The van der Waals surface area contributed by atoms with E-state index in [0.29, 0.717) is 23.9 Å². The quantitative estimate of drug-likeness (QED) is 0.682. The van der Waals surface area contributed by atoms with E-state index in [0.717, 1.165) is 25.0 Å². The van der Waals surface area contributed by atoms with Crippen LogP contribution in [0.1, 0.15) is 36.8 Å². The Morgan fingerprint density at radius 2 is 2.07 bits per heavy atom. The Morgan fingerprint density at radius 3 is 2.85 bits per heavy atom. The molecule has 1 fully saturated rings. The van der Waals surface area contributed by atoms with Crippen molar-refractivity contribution < 1.29 is 18.6 Å². The maximum Gasteiger partial charge on any atom is 0.296 e. The molecule has 1 saturated heterocycles. The molecule has 140 valence electrons. The van der Waals surface area contributed by atoms with Gasteiger partial charge in [-0.3, -0.25) is 4.79 Å². The standard InChI is InChI=1S/C19H20N4O4/c1-13-11-16(26-21-13)19-20-18(22-27-19)15-9-5-6-10-23(15)17(24)12-25-14-7-3-2-4-8-14/h2-4,7-8,11,15H,5-6,9-10,12H2,1H3. The number of aromatic nitrogens is 3. The Morgan fingerprint density at radius 1 is 1.22 bits per heavy atom. The van der Waals surface area contributed by atoms with Gasteiger partial charge in [-0.15, -0.1) is 0 Å². The molecule has 0 radical (unpaired) electrons. The van der Waals surface area contributed by atoms with Gasteiger partial charge in [0, 0.05) is 12.6 Å². The van der Waals surface area contributed by atoms with Crippen LogP contribution in [-0.4, -0.2) is 39.3 Å². The number of ether oxygens (including phenoxy) is 1. The number of benzene rings is 1. The number of likely N-dealkylation sites (tertiary alicyclic amines) is 1. The molecule has 8 heteroatoms. The topological polar surface area (TPSA) is 94.5 Å². The Bertz CT molecular complexity index is 905. The number of hydrogen-bond donors (Lipinski definition) is 0. The molecule has 0 spiro atoms. The molecule has 0 bridgehead atoms. The Kier molecular flexibility index (Phi) is 4.86. The molecular weight excluding hydrogens is 348 g/mol. The summed E-state index contributed by atoms with van der Waals surface area (Å²) in [5.41, 5.74) is 0.734. The predicted molar refractivity (Wildman–Crippen MR) is 94.8 cm³/mol. The smallest absolute Gasteiger partial charge is 0.296 e. The molecular formula is C19H20N4O4. The summed E-state index contributed by atoms with van der Waals surface area (Å²) in [6.07, 6.45) is 2.73. The zero-order valence-corrected chi connectivity index (χ0v) is 15.0. The summed E-state index contributed by atoms with van der Waals surface area (Å²) in [5, 5.41) is 7.90. The van der Waals surface area contributed by atoms with E-state index in [1.54, 1.807) is 11.0 Å². The average Bonchev–Trinajstić information content (AvgIpc) is 3.36. The van der Waals surface area contributed by atoms with Crippen LogP contribution < -0.4 is 4.74 Å². The fraction of sp³-hybridized carbons (Fsp3) is 0.368. The number of amides is 1. The molecule has 1 unspecified atom stereocenters. The lowest BCUT2D eigenvalue weighted by Crippen LogP contribution is -2.41. The summed E-state index contributed by atoms with van der Waals surface area (Å²) in [6.45, 7) is 2.44. The van der Waals surface area contributed by atoms with Gasteiger partial charge in [-0.05, 0) is 38.3 Å². The first-order chi connectivity index (χ1) is 13.2. The molecule has 3 aromatic rings. The summed E-state index contributed by atoms with van der Waals surface area (Å²) < 4.78 is 16.1. The van der Waals surface area contributed by atoms with Crippen LogP contribution in [-0.2, 0) is 4.79 Å². The van der Waals surface area contributed by atoms with Crippen molar-refractivity contribution in [3.05, 3.63) is 47.9 Å². The van der Waals surface area contributed by atoms with E-state index in [1.807, 2.05) is 37.3 Å². The van der Waals surface area contributed by atoms with Crippen LogP contribution in [0.2, 0.25) is 0 Å². The normalized spacial score (nSPS) is 17.1. The lowest BCUT2D eigenvalue weighted by atomic mass is 10.0.